The van der Waals surface area contributed by atoms with Gasteiger partial charge in [-0.2, -0.15) is 19.0 Å². The highest BCUT2D eigenvalue weighted by molar-refractivity contribution is 5.66. The molecule has 8 rings (SSSR count). The molecule has 3 aromatic heterocycles. The molecule has 3 atom stereocenters. The van der Waals surface area contributed by atoms with Gasteiger partial charge in [0.25, 0.3) is 0 Å². The maximum atomic E-state index is 16.3. The third-order valence-corrected chi connectivity index (χ3v) is 11.5. The summed E-state index contributed by atoms with van der Waals surface area (Å²) in [5.74, 6) is -4.94. The zero-order valence-electron chi connectivity index (χ0n) is 33.9. The number of hydrogen-bond donors (Lipinski definition) is 1. The molecule has 0 aliphatic carbocycles. The van der Waals surface area contributed by atoms with Crippen molar-refractivity contribution in [2.75, 3.05) is 36.0 Å². The van der Waals surface area contributed by atoms with Crippen LogP contribution in [0.3, 0.4) is 0 Å². The zero-order chi connectivity index (χ0) is 42.6. The highest BCUT2D eigenvalue weighted by Gasteiger charge is 2.57. The summed E-state index contributed by atoms with van der Waals surface area (Å²) in [5, 5.41) is 20.0. The Morgan fingerprint density at radius 1 is 0.770 bits per heavy atom. The third kappa shape index (κ3) is 8.46. The van der Waals surface area contributed by atoms with E-state index < -0.39 is 35.1 Å². The van der Waals surface area contributed by atoms with Gasteiger partial charge in [-0.05, 0) is 79.1 Å². The number of hydrogen-bond acceptors (Lipinski definition) is 8. The SMILES string of the molecule is CC[C@@H]([C@H](C)OCc1ccccc1)n1ncn(-c2ccc(N3CCN(c4ccc(-c5ccc(C(F)(F)C(O)(Cn6cccn6)c6ccccc6F)nc5)cc4)CC3)cc2)c1=O. The third-order valence-electron chi connectivity index (χ3n) is 11.5. The first-order chi connectivity index (χ1) is 29.6. The van der Waals surface area contributed by atoms with Gasteiger partial charge in [-0.15, -0.1) is 0 Å². The predicted molar refractivity (Wildman–Crippen MR) is 228 cm³/mol. The molecule has 1 unspecified atom stereocenters. The van der Waals surface area contributed by atoms with Crippen molar-refractivity contribution in [3.8, 4) is 16.8 Å². The van der Waals surface area contributed by atoms with Gasteiger partial charge in [-0.1, -0.05) is 73.7 Å². The minimum atomic E-state index is -3.98. The number of aliphatic hydroxyl groups is 1. The predicted octanol–water partition coefficient (Wildman–Crippen LogP) is 7.99. The van der Waals surface area contributed by atoms with Crippen molar-refractivity contribution in [2.24, 2.45) is 0 Å². The van der Waals surface area contributed by atoms with Crippen molar-refractivity contribution in [3.63, 3.8) is 0 Å². The first kappa shape index (κ1) is 41.2. The van der Waals surface area contributed by atoms with E-state index in [4.69, 9.17) is 4.74 Å². The molecule has 4 aromatic carbocycles. The van der Waals surface area contributed by atoms with E-state index in [-0.39, 0.29) is 17.8 Å². The highest BCUT2D eigenvalue weighted by atomic mass is 19.3. The Morgan fingerprint density at radius 2 is 1.39 bits per heavy atom. The fourth-order valence-corrected chi connectivity index (χ4v) is 7.99. The minimum absolute atomic E-state index is 0.212. The lowest BCUT2D eigenvalue weighted by atomic mass is 9.84. The lowest BCUT2D eigenvalue weighted by Crippen LogP contribution is -2.47. The molecule has 1 aliphatic heterocycles. The Kier molecular flexibility index (Phi) is 11.9. The second kappa shape index (κ2) is 17.6. The van der Waals surface area contributed by atoms with Gasteiger partial charge in [0.1, 0.15) is 17.8 Å². The Balaban J connectivity index is 0.883. The molecule has 1 aliphatic rings. The van der Waals surface area contributed by atoms with Gasteiger partial charge >= 0.3 is 11.6 Å². The lowest BCUT2D eigenvalue weighted by Gasteiger charge is -2.37. The van der Waals surface area contributed by atoms with Gasteiger partial charge < -0.3 is 19.6 Å². The quantitative estimate of drug-likeness (QED) is 0.111. The summed E-state index contributed by atoms with van der Waals surface area (Å²) in [5.41, 5.74) is 0.867. The van der Waals surface area contributed by atoms with E-state index in [0.29, 0.717) is 18.6 Å². The van der Waals surface area contributed by atoms with Crippen LogP contribution in [-0.2, 0) is 29.4 Å². The zero-order valence-corrected chi connectivity index (χ0v) is 33.9. The first-order valence-corrected chi connectivity index (χ1v) is 20.4. The molecular weight excluding hydrogens is 782 g/mol. The Hall–Kier alpha value is -6.51. The molecule has 11 nitrogen and oxygen atoms in total. The van der Waals surface area contributed by atoms with E-state index >= 15 is 8.78 Å². The van der Waals surface area contributed by atoms with E-state index in [9.17, 15) is 14.3 Å². The molecule has 0 bridgehead atoms. The molecule has 1 N–H and O–H groups in total. The summed E-state index contributed by atoms with van der Waals surface area (Å²) in [6.07, 6.45) is 6.21. The van der Waals surface area contributed by atoms with Crippen LogP contribution in [0.2, 0.25) is 0 Å². The Bertz CT molecular complexity index is 2560. The van der Waals surface area contributed by atoms with E-state index in [2.05, 4.69) is 25.0 Å². The summed E-state index contributed by atoms with van der Waals surface area (Å²) in [6.45, 7) is 6.92. The van der Waals surface area contributed by atoms with Crippen molar-refractivity contribution in [1.82, 2.24) is 29.1 Å². The van der Waals surface area contributed by atoms with Crippen LogP contribution in [0.5, 0.6) is 0 Å². The number of rotatable bonds is 15. The van der Waals surface area contributed by atoms with Crippen LogP contribution in [0.1, 0.15) is 43.1 Å². The Morgan fingerprint density at radius 3 is 2.00 bits per heavy atom. The smallest absolute Gasteiger partial charge is 0.350 e. The van der Waals surface area contributed by atoms with Crippen LogP contribution in [0.4, 0.5) is 24.5 Å². The fraction of sp³-hybridized carbons (Fsp3) is 0.277. The van der Waals surface area contributed by atoms with Crippen LogP contribution in [0.15, 0.2) is 151 Å². The number of halogens is 3. The molecule has 1 fully saturated rings. The second-order valence-corrected chi connectivity index (χ2v) is 15.3. The summed E-state index contributed by atoms with van der Waals surface area (Å²) in [7, 11) is 0. The maximum absolute atomic E-state index is 16.3. The van der Waals surface area contributed by atoms with E-state index in [0.717, 1.165) is 71.2 Å². The molecule has 7 aromatic rings. The monoisotopic (exact) mass is 828 g/mol. The van der Waals surface area contributed by atoms with Crippen LogP contribution in [0, 0.1) is 5.82 Å². The molecule has 61 heavy (non-hydrogen) atoms. The van der Waals surface area contributed by atoms with Gasteiger partial charge in [-0.3, -0.25) is 9.67 Å². The molecule has 0 amide bonds. The number of benzene rings is 4. The van der Waals surface area contributed by atoms with Crippen LogP contribution < -0.4 is 15.5 Å². The van der Waals surface area contributed by atoms with Gasteiger partial charge in [0.15, 0.2) is 5.60 Å². The molecule has 0 saturated carbocycles. The molecule has 1 saturated heterocycles. The van der Waals surface area contributed by atoms with Crippen molar-refractivity contribution in [2.45, 2.75) is 57.1 Å². The normalized spacial score (nSPS) is 15.4. The number of aromatic nitrogens is 6. The number of piperazine rings is 1. The number of nitrogens with zero attached hydrogens (tertiary/aromatic N) is 8. The summed E-state index contributed by atoms with van der Waals surface area (Å²) in [6, 6.07) is 34.7. The maximum Gasteiger partial charge on any atom is 0.350 e. The van der Waals surface area contributed by atoms with Crippen molar-refractivity contribution >= 4 is 11.4 Å². The van der Waals surface area contributed by atoms with Gasteiger partial charge in [0.05, 0.1) is 31.0 Å². The van der Waals surface area contributed by atoms with Crippen molar-refractivity contribution in [3.05, 3.63) is 179 Å². The summed E-state index contributed by atoms with van der Waals surface area (Å²) in [4.78, 5) is 22.2. The second-order valence-electron chi connectivity index (χ2n) is 15.3. The summed E-state index contributed by atoms with van der Waals surface area (Å²) < 4.78 is 57.8. The largest absolute Gasteiger partial charge is 0.377 e. The van der Waals surface area contributed by atoms with Crippen LogP contribution in [0.25, 0.3) is 16.8 Å². The minimum Gasteiger partial charge on any atom is -0.377 e. The molecule has 0 spiro atoms. The fourth-order valence-electron chi connectivity index (χ4n) is 7.99. The van der Waals surface area contributed by atoms with Crippen molar-refractivity contribution < 1.29 is 23.0 Å². The molecule has 0 radical (unpaired) electrons. The van der Waals surface area contributed by atoms with E-state index in [1.54, 1.807) is 10.9 Å². The van der Waals surface area contributed by atoms with Gasteiger partial charge in [0.2, 0.25) is 0 Å². The average Bonchev–Trinajstić information content (AvgIpc) is 3.96. The average molecular weight is 829 g/mol. The van der Waals surface area contributed by atoms with E-state index in [1.165, 1.54) is 53.6 Å². The first-order valence-electron chi connectivity index (χ1n) is 20.4. The number of alkyl halides is 2. The summed E-state index contributed by atoms with van der Waals surface area (Å²) >= 11 is 0. The number of ether oxygens (including phenoxy) is 1. The number of pyridine rings is 1. The van der Waals surface area contributed by atoms with E-state index in [1.807, 2.05) is 92.7 Å². The molecule has 4 heterocycles. The van der Waals surface area contributed by atoms with Crippen molar-refractivity contribution in [1.29, 1.82) is 0 Å². The molecular formula is C47H47F3N8O3. The van der Waals surface area contributed by atoms with Crippen LogP contribution >= 0.6 is 0 Å². The highest BCUT2D eigenvalue weighted by Crippen LogP contribution is 2.47. The van der Waals surface area contributed by atoms with Gasteiger partial charge in [-0.25, -0.2) is 18.4 Å². The van der Waals surface area contributed by atoms with Gasteiger partial charge in [0, 0.05) is 67.3 Å². The molecule has 314 valence electrons. The topological polar surface area (TPSA) is 106 Å². The van der Waals surface area contributed by atoms with Crippen LogP contribution in [-0.4, -0.2) is 66.5 Å². The lowest BCUT2D eigenvalue weighted by molar-refractivity contribution is -0.207. The Labute approximate surface area is 351 Å². The number of anilines is 2. The molecule has 14 heteroatoms. The standard InChI is InChI=1S/C47H47F3N8O3/c1-3-43(34(2)61-31-35-10-5-4-6-11-35)58-45(59)57(33-53-58)40-21-19-39(20-22-40)55-28-26-54(27-29-55)38-17-14-36(15-18-38)37-16-23-44(51-30-37)47(49,50)46(60,32-56-25-9-24-52-56)41-12-7-8-13-42(41)48/h4-25,30,33-34,43,60H,3,26-29,31-32H2,1-2H3/t34-,43-,46?/m0/s1.